The van der Waals surface area contributed by atoms with E-state index in [2.05, 4.69) is 101 Å². The second-order valence-corrected chi connectivity index (χ2v) is 10.5. The van der Waals surface area contributed by atoms with Crippen LogP contribution in [0.15, 0.2) is 78.0 Å². The first-order chi connectivity index (χ1) is 18.0. The monoisotopic (exact) mass is 511 g/mol. The zero-order valence-corrected chi connectivity index (χ0v) is 22.5. The van der Waals surface area contributed by atoms with Gasteiger partial charge in [-0.1, -0.05) is 72.8 Å². The van der Waals surface area contributed by atoms with Crippen LogP contribution in [0, 0.1) is 13.8 Å². The molecule has 1 aromatic heterocycles. The smallest absolute Gasteiger partial charge is 0.253 e. The number of carbonyl (C=O) groups is 1. The number of aryl methyl sites for hydroxylation is 2. The number of rotatable bonds is 7. The van der Waals surface area contributed by atoms with Gasteiger partial charge in [0.05, 0.1) is 0 Å². The zero-order chi connectivity index (χ0) is 25.8. The van der Waals surface area contributed by atoms with Crippen molar-refractivity contribution in [1.82, 2.24) is 24.6 Å². The molecule has 0 spiro atoms. The first-order valence-corrected chi connectivity index (χ1v) is 13.8. The highest BCUT2D eigenvalue weighted by molar-refractivity contribution is 7.98. The number of hydrogen-bond acceptors (Lipinski definition) is 5. The Kier molecular flexibility index (Phi) is 7.72. The van der Waals surface area contributed by atoms with Crippen LogP contribution in [-0.2, 0) is 5.75 Å². The van der Waals surface area contributed by atoms with Gasteiger partial charge in [0.1, 0.15) is 0 Å². The van der Waals surface area contributed by atoms with Crippen molar-refractivity contribution < 1.29 is 4.79 Å². The Morgan fingerprint density at radius 1 is 0.865 bits per heavy atom. The summed E-state index contributed by atoms with van der Waals surface area (Å²) in [4.78, 5) is 17.3. The minimum absolute atomic E-state index is 0.122. The fourth-order valence-corrected chi connectivity index (χ4v) is 5.50. The summed E-state index contributed by atoms with van der Waals surface area (Å²) in [6, 6.07) is 24.8. The summed E-state index contributed by atoms with van der Waals surface area (Å²) in [5.41, 5.74) is 6.39. The Hall–Kier alpha value is -3.42. The molecular formula is C30H33N5OS. The van der Waals surface area contributed by atoms with Crippen LogP contribution >= 0.6 is 11.8 Å². The number of thioether (sulfide) groups is 1. The maximum absolute atomic E-state index is 13.0. The van der Waals surface area contributed by atoms with Gasteiger partial charge in [0.2, 0.25) is 0 Å². The lowest BCUT2D eigenvalue weighted by molar-refractivity contribution is 0.0643. The van der Waals surface area contributed by atoms with E-state index < -0.39 is 0 Å². The highest BCUT2D eigenvalue weighted by Gasteiger charge is 2.21. The lowest BCUT2D eigenvalue weighted by Gasteiger charge is -2.34. The molecule has 1 aliphatic rings. The Balaban J connectivity index is 1.33. The molecule has 190 valence electrons. The molecule has 0 atom stereocenters. The number of aromatic nitrogens is 3. The van der Waals surface area contributed by atoms with Crippen LogP contribution in [0.1, 0.15) is 34.0 Å². The highest BCUT2D eigenvalue weighted by Crippen LogP contribution is 2.30. The number of benzene rings is 3. The van der Waals surface area contributed by atoms with E-state index in [1.165, 1.54) is 11.1 Å². The van der Waals surface area contributed by atoms with Gasteiger partial charge in [0, 0.05) is 48.7 Å². The minimum Gasteiger partial charge on any atom is -0.336 e. The van der Waals surface area contributed by atoms with Gasteiger partial charge < -0.3 is 9.80 Å². The first kappa shape index (κ1) is 25.2. The Labute approximate surface area is 223 Å². The third-order valence-electron chi connectivity index (χ3n) is 6.88. The number of amides is 1. The molecule has 0 aliphatic carbocycles. The summed E-state index contributed by atoms with van der Waals surface area (Å²) in [5, 5.41) is 9.98. The van der Waals surface area contributed by atoms with Crippen LogP contribution in [0.3, 0.4) is 0 Å². The van der Waals surface area contributed by atoms with Crippen molar-refractivity contribution in [2.75, 3.05) is 32.7 Å². The highest BCUT2D eigenvalue weighted by atomic mass is 32.2. The molecule has 6 nitrogen and oxygen atoms in total. The van der Waals surface area contributed by atoms with Crippen molar-refractivity contribution in [3.8, 4) is 17.1 Å². The Bertz CT molecular complexity index is 1360. The van der Waals surface area contributed by atoms with Crippen molar-refractivity contribution in [3.63, 3.8) is 0 Å². The number of nitrogens with zero attached hydrogens (tertiary/aromatic N) is 5. The lowest BCUT2D eigenvalue weighted by atomic mass is 10.1. The van der Waals surface area contributed by atoms with E-state index in [0.29, 0.717) is 0 Å². The molecule has 0 saturated carbocycles. The number of likely N-dealkylation sites (N-methyl/N-ethyl adjacent to an activating group) is 1. The van der Waals surface area contributed by atoms with E-state index >= 15 is 0 Å². The Morgan fingerprint density at radius 2 is 1.59 bits per heavy atom. The van der Waals surface area contributed by atoms with Gasteiger partial charge >= 0.3 is 0 Å². The predicted molar refractivity (Wildman–Crippen MR) is 150 cm³/mol. The van der Waals surface area contributed by atoms with Crippen molar-refractivity contribution in [3.05, 3.63) is 95.1 Å². The summed E-state index contributed by atoms with van der Waals surface area (Å²) in [6.07, 6.45) is 0. The number of carbonyl (C=O) groups excluding carboxylic acids is 1. The van der Waals surface area contributed by atoms with Gasteiger partial charge in [-0.3, -0.25) is 9.36 Å². The standard InChI is InChI=1S/C30H33N5OS/c1-4-33-16-18-34(19-17-33)29(36)26-14-10-24(11-15-26)21-37-30-32-31-28(25-12-8-22(2)9-13-25)35(30)27-7-5-6-23(3)20-27/h5-15,20H,4,16-19,21H2,1-3H3. The van der Waals surface area contributed by atoms with E-state index in [-0.39, 0.29) is 5.91 Å². The molecule has 1 saturated heterocycles. The average molecular weight is 512 g/mol. The summed E-state index contributed by atoms with van der Waals surface area (Å²) in [5.74, 6) is 1.69. The van der Waals surface area contributed by atoms with Gasteiger partial charge in [-0.15, -0.1) is 10.2 Å². The molecule has 1 aliphatic heterocycles. The summed E-state index contributed by atoms with van der Waals surface area (Å²) >= 11 is 1.65. The second-order valence-electron chi connectivity index (χ2n) is 9.56. The van der Waals surface area contributed by atoms with E-state index in [1.807, 2.05) is 17.0 Å². The van der Waals surface area contributed by atoms with Crippen molar-refractivity contribution in [2.45, 2.75) is 31.7 Å². The fraction of sp³-hybridized carbons (Fsp3) is 0.300. The molecule has 5 rings (SSSR count). The molecule has 1 amide bonds. The van der Waals surface area contributed by atoms with E-state index in [4.69, 9.17) is 0 Å². The Morgan fingerprint density at radius 3 is 2.27 bits per heavy atom. The van der Waals surface area contributed by atoms with Crippen LogP contribution in [0.4, 0.5) is 0 Å². The quantitative estimate of drug-likeness (QED) is 0.302. The maximum atomic E-state index is 13.0. The zero-order valence-electron chi connectivity index (χ0n) is 21.7. The molecule has 3 aromatic carbocycles. The topological polar surface area (TPSA) is 54.3 Å². The van der Waals surface area contributed by atoms with E-state index in [9.17, 15) is 4.79 Å². The van der Waals surface area contributed by atoms with Crippen molar-refractivity contribution in [1.29, 1.82) is 0 Å². The SMILES string of the molecule is CCN1CCN(C(=O)c2ccc(CSc3nnc(-c4ccc(C)cc4)n3-c3cccc(C)c3)cc2)CC1. The first-order valence-electron chi connectivity index (χ1n) is 12.8. The molecule has 0 radical (unpaired) electrons. The largest absolute Gasteiger partial charge is 0.336 e. The fourth-order valence-electron chi connectivity index (χ4n) is 4.59. The van der Waals surface area contributed by atoms with Crippen LogP contribution in [0.2, 0.25) is 0 Å². The number of piperazine rings is 1. The van der Waals surface area contributed by atoms with Crippen LogP contribution in [0.25, 0.3) is 17.1 Å². The normalized spacial score (nSPS) is 14.2. The predicted octanol–water partition coefficient (Wildman–Crippen LogP) is 5.62. The maximum Gasteiger partial charge on any atom is 0.253 e. The molecule has 0 N–H and O–H groups in total. The third-order valence-corrected chi connectivity index (χ3v) is 7.88. The van der Waals surface area contributed by atoms with Gasteiger partial charge in [0.15, 0.2) is 11.0 Å². The molecule has 7 heteroatoms. The number of hydrogen-bond donors (Lipinski definition) is 0. The van der Waals surface area contributed by atoms with E-state index in [0.717, 1.165) is 71.8 Å². The third kappa shape index (κ3) is 5.78. The van der Waals surface area contributed by atoms with Gasteiger partial charge in [-0.25, -0.2) is 0 Å². The molecule has 2 heterocycles. The van der Waals surface area contributed by atoms with Crippen LogP contribution in [0.5, 0.6) is 0 Å². The van der Waals surface area contributed by atoms with Crippen LogP contribution in [-0.4, -0.2) is 63.2 Å². The average Bonchev–Trinajstić information content (AvgIpc) is 3.36. The lowest BCUT2D eigenvalue weighted by Crippen LogP contribution is -2.48. The molecule has 37 heavy (non-hydrogen) atoms. The molecule has 0 unspecified atom stereocenters. The summed E-state index contributed by atoms with van der Waals surface area (Å²) < 4.78 is 2.14. The van der Waals surface area contributed by atoms with Gasteiger partial charge in [-0.2, -0.15) is 0 Å². The van der Waals surface area contributed by atoms with Gasteiger partial charge in [0.25, 0.3) is 5.91 Å². The van der Waals surface area contributed by atoms with Crippen LogP contribution < -0.4 is 0 Å². The molecule has 1 fully saturated rings. The minimum atomic E-state index is 0.122. The van der Waals surface area contributed by atoms with Gasteiger partial charge in [-0.05, 0) is 55.8 Å². The molecular weight excluding hydrogens is 478 g/mol. The molecule has 0 bridgehead atoms. The van der Waals surface area contributed by atoms with E-state index in [1.54, 1.807) is 11.8 Å². The van der Waals surface area contributed by atoms with Crippen molar-refractivity contribution >= 4 is 17.7 Å². The molecule has 4 aromatic rings. The second kappa shape index (κ2) is 11.3. The summed E-state index contributed by atoms with van der Waals surface area (Å²) in [7, 11) is 0. The summed E-state index contributed by atoms with van der Waals surface area (Å²) in [6.45, 7) is 10.9. The van der Waals surface area contributed by atoms with Crippen molar-refractivity contribution in [2.24, 2.45) is 0 Å².